The van der Waals surface area contributed by atoms with E-state index in [0.717, 1.165) is 25.1 Å². The van der Waals surface area contributed by atoms with E-state index in [9.17, 15) is 4.79 Å². The summed E-state index contributed by atoms with van der Waals surface area (Å²) >= 11 is 0. The fourth-order valence-electron chi connectivity index (χ4n) is 2.83. The lowest BCUT2D eigenvalue weighted by molar-refractivity contribution is 0.163. The molecule has 1 N–H and O–H groups in total. The van der Waals surface area contributed by atoms with E-state index < -0.39 is 0 Å². The normalized spacial score (nSPS) is 18.3. The second-order valence-electron chi connectivity index (χ2n) is 5.28. The molecule has 1 atom stereocenters. The van der Waals surface area contributed by atoms with Gasteiger partial charge < -0.3 is 10.2 Å². The van der Waals surface area contributed by atoms with Crippen molar-refractivity contribution >= 4 is 11.7 Å². The van der Waals surface area contributed by atoms with Crippen LogP contribution in [0.5, 0.6) is 0 Å². The molecule has 1 aliphatic rings. The molecular weight excluding hydrogens is 262 g/mol. The molecule has 1 aromatic carbocycles. The molecule has 1 fully saturated rings. The number of anilines is 1. The second-order valence-corrected chi connectivity index (χ2v) is 5.28. The van der Waals surface area contributed by atoms with E-state index in [0.29, 0.717) is 0 Å². The van der Waals surface area contributed by atoms with Crippen LogP contribution in [0.15, 0.2) is 54.9 Å². The van der Waals surface area contributed by atoms with E-state index in [1.165, 1.54) is 12.0 Å². The summed E-state index contributed by atoms with van der Waals surface area (Å²) in [5, 5.41) is 2.96. The number of amides is 2. The van der Waals surface area contributed by atoms with Crippen molar-refractivity contribution in [2.24, 2.45) is 0 Å². The number of hydrogen-bond acceptors (Lipinski definition) is 2. The first-order valence-electron chi connectivity index (χ1n) is 7.37. The van der Waals surface area contributed by atoms with Gasteiger partial charge in [0, 0.05) is 24.6 Å². The van der Waals surface area contributed by atoms with Crippen molar-refractivity contribution in [1.82, 2.24) is 9.88 Å². The van der Waals surface area contributed by atoms with Gasteiger partial charge in [0.2, 0.25) is 0 Å². The van der Waals surface area contributed by atoms with Gasteiger partial charge in [-0.3, -0.25) is 4.98 Å². The summed E-state index contributed by atoms with van der Waals surface area (Å²) in [5.74, 6) is 0. The summed E-state index contributed by atoms with van der Waals surface area (Å²) in [4.78, 5) is 18.5. The van der Waals surface area contributed by atoms with Gasteiger partial charge in [0.15, 0.2) is 0 Å². The highest BCUT2D eigenvalue weighted by Crippen LogP contribution is 2.31. The summed E-state index contributed by atoms with van der Waals surface area (Å²) in [6.45, 7) is 0.802. The summed E-state index contributed by atoms with van der Waals surface area (Å²) in [6.07, 6.45) is 6.61. The Hall–Kier alpha value is -2.36. The number of urea groups is 1. The van der Waals surface area contributed by atoms with Gasteiger partial charge in [0.25, 0.3) is 0 Å². The molecule has 1 aliphatic heterocycles. The predicted molar refractivity (Wildman–Crippen MR) is 83.0 cm³/mol. The van der Waals surface area contributed by atoms with Gasteiger partial charge >= 0.3 is 6.03 Å². The quantitative estimate of drug-likeness (QED) is 0.909. The fraction of sp³-hybridized carbons (Fsp3) is 0.294. The van der Waals surface area contributed by atoms with Gasteiger partial charge in [-0.25, -0.2) is 4.79 Å². The Morgan fingerprint density at radius 3 is 2.62 bits per heavy atom. The van der Waals surface area contributed by atoms with Gasteiger partial charge in [-0.2, -0.15) is 0 Å². The maximum atomic E-state index is 12.5. The van der Waals surface area contributed by atoms with Crippen molar-refractivity contribution in [2.75, 3.05) is 11.9 Å². The van der Waals surface area contributed by atoms with Crippen LogP contribution in [-0.4, -0.2) is 22.5 Å². The highest BCUT2D eigenvalue weighted by atomic mass is 16.2. The molecule has 0 bridgehead atoms. The van der Waals surface area contributed by atoms with Gasteiger partial charge in [-0.15, -0.1) is 0 Å². The van der Waals surface area contributed by atoms with E-state index in [2.05, 4.69) is 22.4 Å². The molecule has 1 unspecified atom stereocenters. The minimum absolute atomic E-state index is 0.0326. The lowest BCUT2D eigenvalue weighted by Crippen LogP contribution is -2.41. The first kappa shape index (κ1) is 13.6. The molecule has 4 heteroatoms. The molecule has 2 aromatic rings. The van der Waals surface area contributed by atoms with Crippen LogP contribution in [0.25, 0.3) is 0 Å². The van der Waals surface area contributed by atoms with E-state index in [1.807, 2.05) is 23.1 Å². The molecule has 4 nitrogen and oxygen atoms in total. The number of nitrogens with zero attached hydrogens (tertiary/aromatic N) is 2. The molecular formula is C17H19N3O. The summed E-state index contributed by atoms with van der Waals surface area (Å²) < 4.78 is 0. The smallest absolute Gasteiger partial charge is 0.317 e. The molecule has 21 heavy (non-hydrogen) atoms. The third-order valence-corrected chi connectivity index (χ3v) is 3.88. The highest BCUT2D eigenvalue weighted by Gasteiger charge is 2.27. The van der Waals surface area contributed by atoms with Crippen molar-refractivity contribution in [3.05, 3.63) is 60.4 Å². The van der Waals surface area contributed by atoms with E-state index in [-0.39, 0.29) is 12.1 Å². The van der Waals surface area contributed by atoms with Crippen LogP contribution in [-0.2, 0) is 0 Å². The zero-order valence-corrected chi connectivity index (χ0v) is 11.9. The second kappa shape index (κ2) is 6.39. The number of rotatable bonds is 2. The Bertz CT molecular complexity index is 585. The van der Waals surface area contributed by atoms with Gasteiger partial charge in [-0.1, -0.05) is 30.3 Å². The topological polar surface area (TPSA) is 45.2 Å². The maximum Gasteiger partial charge on any atom is 0.322 e. The van der Waals surface area contributed by atoms with Gasteiger partial charge in [-0.05, 0) is 37.0 Å². The van der Waals surface area contributed by atoms with Crippen molar-refractivity contribution in [2.45, 2.75) is 25.3 Å². The van der Waals surface area contributed by atoms with Crippen molar-refractivity contribution < 1.29 is 4.79 Å². The number of piperidine rings is 1. The zero-order valence-electron chi connectivity index (χ0n) is 11.9. The fourth-order valence-corrected chi connectivity index (χ4v) is 2.83. The van der Waals surface area contributed by atoms with E-state index >= 15 is 0 Å². The van der Waals surface area contributed by atoms with Crippen LogP contribution >= 0.6 is 0 Å². The molecule has 0 saturated carbocycles. The third-order valence-electron chi connectivity index (χ3n) is 3.88. The van der Waals surface area contributed by atoms with Crippen LogP contribution < -0.4 is 5.32 Å². The molecule has 1 saturated heterocycles. The lowest BCUT2D eigenvalue weighted by Gasteiger charge is -2.36. The Kier molecular flexibility index (Phi) is 4.15. The molecule has 1 aromatic heterocycles. The monoisotopic (exact) mass is 281 g/mol. The van der Waals surface area contributed by atoms with Crippen molar-refractivity contribution in [1.29, 1.82) is 0 Å². The molecule has 0 aliphatic carbocycles. The average Bonchev–Trinajstić information content (AvgIpc) is 2.56. The number of likely N-dealkylation sites (tertiary alicyclic amines) is 1. The van der Waals surface area contributed by atoms with Gasteiger partial charge in [0.05, 0.1) is 6.04 Å². The summed E-state index contributed by atoms with van der Waals surface area (Å²) in [6, 6.07) is 14.0. The Morgan fingerprint density at radius 2 is 1.86 bits per heavy atom. The van der Waals surface area contributed by atoms with Crippen LogP contribution in [0, 0.1) is 0 Å². The molecule has 0 radical (unpaired) electrons. The molecule has 0 spiro atoms. The van der Waals surface area contributed by atoms with Crippen molar-refractivity contribution in [3.63, 3.8) is 0 Å². The van der Waals surface area contributed by atoms with Crippen molar-refractivity contribution in [3.8, 4) is 0 Å². The largest absolute Gasteiger partial charge is 0.322 e. The minimum Gasteiger partial charge on any atom is -0.317 e. The van der Waals surface area contributed by atoms with Crippen LogP contribution in [0.2, 0.25) is 0 Å². The number of benzene rings is 1. The maximum absolute atomic E-state index is 12.5. The molecule has 2 heterocycles. The Morgan fingerprint density at radius 1 is 1.10 bits per heavy atom. The van der Waals surface area contributed by atoms with E-state index in [1.54, 1.807) is 24.5 Å². The van der Waals surface area contributed by atoms with E-state index in [4.69, 9.17) is 0 Å². The predicted octanol–water partition coefficient (Wildman–Crippen LogP) is 3.84. The third kappa shape index (κ3) is 3.21. The minimum atomic E-state index is -0.0326. The molecule has 108 valence electrons. The number of nitrogens with one attached hydrogen (secondary N) is 1. The number of pyridine rings is 1. The average molecular weight is 281 g/mol. The highest BCUT2D eigenvalue weighted by molar-refractivity contribution is 5.89. The first-order chi connectivity index (χ1) is 10.3. The Balaban J connectivity index is 1.76. The van der Waals surface area contributed by atoms with Crippen LogP contribution in [0.1, 0.15) is 30.9 Å². The number of hydrogen-bond donors (Lipinski definition) is 1. The zero-order chi connectivity index (χ0) is 14.5. The lowest BCUT2D eigenvalue weighted by atomic mass is 9.95. The molecule has 2 amide bonds. The van der Waals surface area contributed by atoms with Crippen LogP contribution in [0.3, 0.4) is 0 Å². The number of carbonyl (C=O) groups is 1. The summed E-state index contributed by atoms with van der Waals surface area (Å²) in [5.41, 5.74) is 1.99. The summed E-state index contributed by atoms with van der Waals surface area (Å²) in [7, 11) is 0. The number of carbonyl (C=O) groups excluding carboxylic acids is 1. The van der Waals surface area contributed by atoms with Crippen LogP contribution in [0.4, 0.5) is 10.5 Å². The Labute approximate surface area is 124 Å². The standard InChI is InChI=1S/C17H19N3O/c21-17(19-15-9-11-18-12-10-15)20-13-5-4-8-16(20)14-6-2-1-3-7-14/h1-3,6-7,9-12,16H,4-5,8,13H2,(H,18,19,21). The SMILES string of the molecule is O=C(Nc1ccncc1)N1CCCCC1c1ccccc1. The molecule has 3 rings (SSSR count). The van der Waals surface area contributed by atoms with Gasteiger partial charge in [0.1, 0.15) is 0 Å². The number of aromatic nitrogens is 1. The first-order valence-corrected chi connectivity index (χ1v) is 7.37.